The third kappa shape index (κ3) is 4.05. The molecule has 3 nitrogen and oxygen atoms in total. The molecule has 3 heteroatoms. The topological polar surface area (TPSA) is 13.1 Å². The molecule has 1 aliphatic carbocycles. The quantitative estimate of drug-likeness (QED) is 0.198. The molecule has 2 heterocycles. The molecule has 0 radical (unpaired) electrons. The van der Waals surface area contributed by atoms with Crippen molar-refractivity contribution in [3.05, 3.63) is 169 Å². The van der Waals surface area contributed by atoms with Crippen molar-refractivity contribution in [1.82, 2.24) is 9.13 Å². The summed E-state index contributed by atoms with van der Waals surface area (Å²) in [6, 6.07) is 54.5. The molecule has 0 aliphatic heterocycles. The van der Waals surface area contributed by atoms with Crippen LogP contribution in [0.1, 0.15) is 17.7 Å². The zero-order valence-electron chi connectivity index (χ0n) is 24.8. The Hall–Kier alpha value is -5.80. The van der Waals surface area contributed by atoms with Gasteiger partial charge in [0, 0.05) is 55.9 Å². The Balaban J connectivity index is 1.30. The molecule has 0 saturated heterocycles. The highest BCUT2D eigenvalue weighted by atomic mass is 15.1. The lowest BCUT2D eigenvalue weighted by Gasteiger charge is -2.25. The summed E-state index contributed by atoms with van der Waals surface area (Å²) in [6.45, 7) is 0. The van der Waals surface area contributed by atoms with Gasteiger partial charge in [-0.2, -0.15) is 0 Å². The van der Waals surface area contributed by atoms with E-state index in [1.54, 1.807) is 0 Å². The molecule has 0 N–H and O–H groups in total. The Bertz CT molecular complexity index is 2300. The standard InChI is InChI=1S/C42H31N3/c1-4-14-30(15-5-1)43(31-16-6-2-7-17-31)33-24-26-34(27-25-33)45-38-22-12-10-20-35(38)36-28-29-40-41(42(36)45)37-21-11-13-23-39(37)44(40)32-18-8-3-9-19-32/h1-12,14-22,24-29H,13,23H2. The second-order valence-corrected chi connectivity index (χ2v) is 11.7. The Kier molecular flexibility index (Phi) is 5.95. The third-order valence-electron chi connectivity index (χ3n) is 9.15. The molecule has 0 atom stereocenters. The number of fused-ring (bicyclic) bond motifs is 7. The van der Waals surface area contributed by atoms with Crippen LogP contribution in [0.3, 0.4) is 0 Å². The maximum Gasteiger partial charge on any atom is 0.0641 e. The van der Waals surface area contributed by atoms with E-state index in [1.165, 1.54) is 49.7 Å². The number of hydrogen-bond donors (Lipinski definition) is 0. The second kappa shape index (κ2) is 10.4. The van der Waals surface area contributed by atoms with Crippen LogP contribution in [0.2, 0.25) is 0 Å². The van der Waals surface area contributed by atoms with Crippen LogP contribution in [0.4, 0.5) is 17.1 Å². The van der Waals surface area contributed by atoms with Crippen molar-refractivity contribution in [2.75, 3.05) is 4.90 Å². The van der Waals surface area contributed by atoms with E-state index in [-0.39, 0.29) is 0 Å². The summed E-state index contributed by atoms with van der Waals surface area (Å²) in [6.07, 6.45) is 6.77. The maximum atomic E-state index is 2.48. The Morgan fingerprint density at radius 2 is 1.07 bits per heavy atom. The number of para-hydroxylation sites is 4. The molecule has 9 rings (SSSR count). The van der Waals surface area contributed by atoms with Gasteiger partial charge in [-0.25, -0.2) is 0 Å². The summed E-state index contributed by atoms with van der Waals surface area (Å²) < 4.78 is 4.96. The summed E-state index contributed by atoms with van der Waals surface area (Å²) in [4.78, 5) is 2.31. The molecular formula is C42H31N3. The van der Waals surface area contributed by atoms with Gasteiger partial charge in [0.1, 0.15) is 0 Å². The van der Waals surface area contributed by atoms with Crippen molar-refractivity contribution in [2.24, 2.45) is 0 Å². The van der Waals surface area contributed by atoms with E-state index in [2.05, 4.69) is 178 Å². The van der Waals surface area contributed by atoms with Crippen LogP contribution in [0, 0.1) is 0 Å². The lowest BCUT2D eigenvalue weighted by Crippen LogP contribution is -2.09. The first-order valence-electron chi connectivity index (χ1n) is 15.7. The minimum atomic E-state index is 1.03. The summed E-state index contributed by atoms with van der Waals surface area (Å²) >= 11 is 0. The van der Waals surface area contributed by atoms with E-state index < -0.39 is 0 Å². The normalized spacial score (nSPS) is 12.6. The molecule has 0 bridgehead atoms. The van der Waals surface area contributed by atoms with Gasteiger partial charge in [-0.15, -0.1) is 0 Å². The first kappa shape index (κ1) is 25.7. The number of allylic oxidation sites excluding steroid dienone is 1. The first-order chi connectivity index (χ1) is 22.4. The highest BCUT2D eigenvalue weighted by Gasteiger charge is 2.24. The van der Waals surface area contributed by atoms with Gasteiger partial charge < -0.3 is 14.0 Å². The minimum Gasteiger partial charge on any atom is -0.313 e. The zero-order chi connectivity index (χ0) is 29.7. The van der Waals surface area contributed by atoms with Crippen molar-refractivity contribution >= 4 is 55.8 Å². The van der Waals surface area contributed by atoms with Crippen LogP contribution >= 0.6 is 0 Å². The molecule has 45 heavy (non-hydrogen) atoms. The van der Waals surface area contributed by atoms with E-state index in [1.807, 2.05) is 0 Å². The molecule has 0 spiro atoms. The van der Waals surface area contributed by atoms with Crippen molar-refractivity contribution in [3.8, 4) is 11.4 Å². The van der Waals surface area contributed by atoms with Gasteiger partial charge in [-0.1, -0.05) is 91.0 Å². The fourth-order valence-corrected chi connectivity index (χ4v) is 7.25. The molecular weight excluding hydrogens is 546 g/mol. The summed E-state index contributed by atoms with van der Waals surface area (Å²) in [7, 11) is 0. The van der Waals surface area contributed by atoms with Gasteiger partial charge in [0.25, 0.3) is 0 Å². The largest absolute Gasteiger partial charge is 0.313 e. The number of anilines is 3. The van der Waals surface area contributed by atoms with Crippen LogP contribution in [0.25, 0.3) is 50.2 Å². The number of nitrogens with zero attached hydrogens (tertiary/aromatic N) is 3. The molecule has 0 saturated carbocycles. The fourth-order valence-electron chi connectivity index (χ4n) is 7.25. The maximum absolute atomic E-state index is 2.48. The lowest BCUT2D eigenvalue weighted by molar-refractivity contribution is 0.888. The van der Waals surface area contributed by atoms with E-state index in [0.717, 1.165) is 35.6 Å². The monoisotopic (exact) mass is 577 g/mol. The average molecular weight is 578 g/mol. The molecule has 1 aliphatic rings. The highest BCUT2D eigenvalue weighted by Crippen LogP contribution is 2.43. The summed E-state index contributed by atoms with van der Waals surface area (Å²) in [5.41, 5.74) is 12.2. The molecule has 0 unspecified atom stereocenters. The predicted molar refractivity (Wildman–Crippen MR) is 190 cm³/mol. The van der Waals surface area contributed by atoms with Crippen molar-refractivity contribution in [1.29, 1.82) is 0 Å². The second-order valence-electron chi connectivity index (χ2n) is 11.7. The number of hydrogen-bond acceptors (Lipinski definition) is 1. The van der Waals surface area contributed by atoms with E-state index in [0.29, 0.717) is 0 Å². The number of benzene rings is 6. The van der Waals surface area contributed by atoms with Crippen LogP contribution < -0.4 is 4.90 Å². The van der Waals surface area contributed by atoms with Crippen LogP contribution in [0.15, 0.2) is 158 Å². The van der Waals surface area contributed by atoms with Crippen LogP contribution in [0.5, 0.6) is 0 Å². The lowest BCUT2D eigenvalue weighted by atomic mass is 10.0. The number of rotatable bonds is 5. The Morgan fingerprint density at radius 3 is 1.78 bits per heavy atom. The van der Waals surface area contributed by atoms with Gasteiger partial charge in [0.05, 0.1) is 16.6 Å². The molecule has 0 amide bonds. The first-order valence-corrected chi connectivity index (χ1v) is 15.7. The van der Waals surface area contributed by atoms with E-state index in [9.17, 15) is 0 Å². The van der Waals surface area contributed by atoms with Gasteiger partial charge in [0.2, 0.25) is 0 Å². The van der Waals surface area contributed by atoms with Gasteiger partial charge in [-0.3, -0.25) is 0 Å². The van der Waals surface area contributed by atoms with Gasteiger partial charge >= 0.3 is 0 Å². The van der Waals surface area contributed by atoms with Crippen LogP contribution in [-0.2, 0) is 6.42 Å². The van der Waals surface area contributed by atoms with Crippen molar-refractivity contribution in [3.63, 3.8) is 0 Å². The van der Waals surface area contributed by atoms with Crippen molar-refractivity contribution in [2.45, 2.75) is 12.8 Å². The SMILES string of the molecule is C1=Cc2c(n(-c3ccccc3)c3ccc4c5ccccc5n(-c5ccc(N(c6ccccc6)c6ccccc6)cc5)c4c23)CC1. The Morgan fingerprint density at radius 1 is 0.467 bits per heavy atom. The summed E-state index contributed by atoms with van der Waals surface area (Å²) in [5.74, 6) is 0. The molecule has 0 fully saturated rings. The predicted octanol–water partition coefficient (Wildman–Crippen LogP) is 11.2. The average Bonchev–Trinajstić information content (AvgIpc) is 3.63. The van der Waals surface area contributed by atoms with Gasteiger partial charge in [0.15, 0.2) is 0 Å². The Labute approximate surface area is 262 Å². The smallest absolute Gasteiger partial charge is 0.0641 e. The van der Waals surface area contributed by atoms with E-state index in [4.69, 9.17) is 0 Å². The summed E-state index contributed by atoms with van der Waals surface area (Å²) in [5, 5.41) is 3.87. The fraction of sp³-hybridized carbons (Fsp3) is 0.0476. The van der Waals surface area contributed by atoms with Gasteiger partial charge in [-0.05, 0) is 85.6 Å². The van der Waals surface area contributed by atoms with E-state index >= 15 is 0 Å². The molecule has 8 aromatic rings. The van der Waals surface area contributed by atoms with Crippen molar-refractivity contribution < 1.29 is 0 Å². The molecule has 2 aromatic heterocycles. The number of aromatic nitrogens is 2. The molecule has 6 aromatic carbocycles. The highest BCUT2D eigenvalue weighted by molar-refractivity contribution is 6.20. The third-order valence-corrected chi connectivity index (χ3v) is 9.15. The minimum absolute atomic E-state index is 1.03. The zero-order valence-corrected chi connectivity index (χ0v) is 24.8. The molecule has 214 valence electrons. The van der Waals surface area contributed by atoms with Crippen LogP contribution in [-0.4, -0.2) is 9.13 Å².